The lowest BCUT2D eigenvalue weighted by Crippen LogP contribution is -2.61. The third-order valence-electron chi connectivity index (χ3n) is 7.50. The third-order valence-corrected chi connectivity index (χ3v) is 7.75. The molecule has 2 saturated heterocycles. The van der Waals surface area contributed by atoms with Gasteiger partial charge in [0.1, 0.15) is 5.75 Å². The largest absolute Gasteiger partial charge is 0.497 e. The molecule has 0 aromatic heterocycles. The molecule has 3 heterocycles. The molecule has 3 aliphatic heterocycles. The number of amides is 1. The first-order valence-corrected chi connectivity index (χ1v) is 13.0. The smallest absolute Gasteiger partial charge is 0.225 e. The van der Waals surface area contributed by atoms with Gasteiger partial charge in [-0.1, -0.05) is 29.8 Å². The van der Waals surface area contributed by atoms with Crippen molar-refractivity contribution in [3.05, 3.63) is 58.6 Å². The van der Waals surface area contributed by atoms with Crippen LogP contribution >= 0.6 is 11.6 Å². The second-order valence-electron chi connectivity index (χ2n) is 9.67. The van der Waals surface area contributed by atoms with Gasteiger partial charge in [-0.15, -0.1) is 0 Å². The van der Waals surface area contributed by atoms with Gasteiger partial charge in [-0.3, -0.25) is 14.6 Å². The highest BCUT2D eigenvalue weighted by molar-refractivity contribution is 6.30. The lowest BCUT2D eigenvalue weighted by molar-refractivity contribution is -0.126. The van der Waals surface area contributed by atoms with Gasteiger partial charge >= 0.3 is 0 Å². The molecule has 8 heteroatoms. The second-order valence-corrected chi connectivity index (χ2v) is 10.1. The Morgan fingerprint density at radius 1 is 1.09 bits per heavy atom. The summed E-state index contributed by atoms with van der Waals surface area (Å²) in [5.74, 6) is 0.927. The number of halogens is 1. The Morgan fingerprint density at radius 2 is 1.89 bits per heavy atom. The van der Waals surface area contributed by atoms with Crippen molar-refractivity contribution in [2.75, 3.05) is 71.0 Å². The zero-order chi connectivity index (χ0) is 24.2. The number of anilines is 1. The maximum atomic E-state index is 13.5. The van der Waals surface area contributed by atoms with Crippen molar-refractivity contribution in [1.82, 2.24) is 15.1 Å². The van der Waals surface area contributed by atoms with Crippen molar-refractivity contribution in [2.24, 2.45) is 5.92 Å². The number of piperazine rings is 1. The predicted molar refractivity (Wildman–Crippen MR) is 138 cm³/mol. The maximum absolute atomic E-state index is 13.5. The number of ether oxygens (including phenoxy) is 2. The molecule has 2 aromatic carbocycles. The van der Waals surface area contributed by atoms with E-state index in [0.29, 0.717) is 6.54 Å². The van der Waals surface area contributed by atoms with E-state index in [2.05, 4.69) is 44.3 Å². The summed E-state index contributed by atoms with van der Waals surface area (Å²) in [5, 5.41) is 4.01. The molecule has 0 bridgehead atoms. The van der Waals surface area contributed by atoms with E-state index in [1.165, 1.54) is 16.8 Å². The van der Waals surface area contributed by atoms with Gasteiger partial charge in [0.25, 0.3) is 0 Å². The fourth-order valence-electron chi connectivity index (χ4n) is 5.55. The molecule has 0 saturated carbocycles. The lowest BCUT2D eigenvalue weighted by atomic mass is 9.83. The van der Waals surface area contributed by atoms with E-state index < -0.39 is 0 Å². The van der Waals surface area contributed by atoms with E-state index in [9.17, 15) is 4.79 Å². The quantitative estimate of drug-likeness (QED) is 0.633. The Kier molecular flexibility index (Phi) is 7.78. The minimum atomic E-state index is -0.0893. The summed E-state index contributed by atoms with van der Waals surface area (Å²) >= 11 is 6.08. The van der Waals surface area contributed by atoms with E-state index in [4.69, 9.17) is 21.1 Å². The van der Waals surface area contributed by atoms with E-state index in [0.717, 1.165) is 76.2 Å². The Hall–Kier alpha value is -2.32. The minimum absolute atomic E-state index is 0.0893. The molecule has 1 amide bonds. The summed E-state index contributed by atoms with van der Waals surface area (Å²) in [7, 11) is 1.71. The number of methoxy groups -OCH3 is 1. The van der Waals surface area contributed by atoms with Gasteiger partial charge in [-0.05, 0) is 35.7 Å². The summed E-state index contributed by atoms with van der Waals surface area (Å²) < 4.78 is 10.9. The molecule has 2 unspecified atom stereocenters. The molecule has 2 fully saturated rings. The van der Waals surface area contributed by atoms with Crippen LogP contribution in [-0.4, -0.2) is 87.9 Å². The number of carbonyl (C=O) groups is 1. The van der Waals surface area contributed by atoms with Crippen LogP contribution in [0.25, 0.3) is 0 Å². The van der Waals surface area contributed by atoms with Crippen molar-refractivity contribution < 1.29 is 14.3 Å². The number of rotatable bonds is 7. The molecule has 3 aliphatic rings. The third kappa shape index (κ3) is 5.75. The Labute approximate surface area is 212 Å². The van der Waals surface area contributed by atoms with E-state index in [-0.39, 0.29) is 17.9 Å². The number of hydrogen-bond donors (Lipinski definition) is 1. The predicted octanol–water partition coefficient (Wildman–Crippen LogP) is 2.66. The van der Waals surface area contributed by atoms with E-state index in [1.807, 2.05) is 18.2 Å². The van der Waals surface area contributed by atoms with Gasteiger partial charge in [0.2, 0.25) is 5.91 Å². The maximum Gasteiger partial charge on any atom is 0.225 e. The lowest BCUT2D eigenvalue weighted by Gasteiger charge is -2.49. The molecular weight excluding hydrogens is 464 g/mol. The van der Waals surface area contributed by atoms with Gasteiger partial charge in [0.15, 0.2) is 0 Å². The van der Waals surface area contributed by atoms with Gasteiger partial charge in [-0.2, -0.15) is 0 Å². The number of benzene rings is 2. The van der Waals surface area contributed by atoms with E-state index in [1.54, 1.807) is 7.11 Å². The van der Waals surface area contributed by atoms with Crippen LogP contribution in [0.2, 0.25) is 5.02 Å². The number of carbonyl (C=O) groups excluding carboxylic acids is 1. The Bertz CT molecular complexity index is 1010. The molecule has 7 nitrogen and oxygen atoms in total. The first kappa shape index (κ1) is 24.4. The van der Waals surface area contributed by atoms with Gasteiger partial charge in [-0.25, -0.2) is 0 Å². The summed E-state index contributed by atoms with van der Waals surface area (Å²) in [6.07, 6.45) is 0.749. The van der Waals surface area contributed by atoms with Crippen LogP contribution in [0.15, 0.2) is 42.5 Å². The van der Waals surface area contributed by atoms with Crippen molar-refractivity contribution in [3.63, 3.8) is 0 Å². The Balaban J connectivity index is 1.30. The number of hydrogen-bond acceptors (Lipinski definition) is 6. The van der Waals surface area contributed by atoms with Crippen molar-refractivity contribution in [3.8, 4) is 5.75 Å². The average Bonchev–Trinajstić information content (AvgIpc) is 2.89. The highest BCUT2D eigenvalue weighted by Gasteiger charge is 2.41. The molecule has 0 radical (unpaired) electrons. The van der Waals surface area contributed by atoms with Crippen LogP contribution in [0.5, 0.6) is 5.75 Å². The van der Waals surface area contributed by atoms with Crippen LogP contribution < -0.4 is 15.0 Å². The number of nitrogens with zero attached hydrogens (tertiary/aromatic N) is 3. The van der Waals surface area contributed by atoms with Gasteiger partial charge in [0, 0.05) is 69.1 Å². The van der Waals surface area contributed by atoms with Crippen molar-refractivity contribution >= 4 is 23.2 Å². The second kappa shape index (κ2) is 11.2. The highest BCUT2D eigenvalue weighted by atomic mass is 35.5. The molecule has 35 heavy (non-hydrogen) atoms. The monoisotopic (exact) mass is 498 g/mol. The fraction of sp³-hybridized carbons (Fsp3) is 0.519. The fourth-order valence-corrected chi connectivity index (χ4v) is 5.67. The number of fused-ring (bicyclic) bond motifs is 3. The van der Waals surface area contributed by atoms with Crippen LogP contribution in [0.1, 0.15) is 11.1 Å². The SMILES string of the molecule is COc1ccc2c(c1)N1CCN(Cc3ccc(Cl)cc3)CC1C(C(=O)NCCN1CCOCC1)C2. The zero-order valence-corrected chi connectivity index (χ0v) is 21.2. The summed E-state index contributed by atoms with van der Waals surface area (Å²) in [4.78, 5) is 20.7. The summed E-state index contributed by atoms with van der Waals surface area (Å²) in [5.41, 5.74) is 3.67. The molecule has 2 aromatic rings. The molecule has 0 aliphatic carbocycles. The summed E-state index contributed by atoms with van der Waals surface area (Å²) in [6.45, 7) is 8.50. The molecule has 5 rings (SSSR count). The van der Waals surface area contributed by atoms with Gasteiger partial charge in [0.05, 0.1) is 32.3 Å². The average molecular weight is 499 g/mol. The van der Waals surface area contributed by atoms with Gasteiger partial charge < -0.3 is 19.7 Å². The zero-order valence-electron chi connectivity index (χ0n) is 20.4. The normalized spacial score (nSPS) is 22.9. The Morgan fingerprint density at radius 3 is 2.66 bits per heavy atom. The van der Waals surface area contributed by atoms with Crippen molar-refractivity contribution in [1.29, 1.82) is 0 Å². The molecule has 1 N–H and O–H groups in total. The van der Waals surface area contributed by atoms with Crippen molar-refractivity contribution in [2.45, 2.75) is 19.0 Å². The number of morpholine rings is 1. The molecule has 188 valence electrons. The van der Waals surface area contributed by atoms with Crippen LogP contribution in [-0.2, 0) is 22.5 Å². The first-order valence-electron chi connectivity index (χ1n) is 12.6. The van der Waals surface area contributed by atoms with Crippen LogP contribution in [0.4, 0.5) is 5.69 Å². The minimum Gasteiger partial charge on any atom is -0.497 e. The standard InChI is InChI=1S/C27H35ClN4O3/c1-34-23-7-4-21-16-24(27(33)29-8-9-30-12-14-35-15-13-30)26-19-31(10-11-32(26)25(21)17-23)18-20-2-5-22(28)6-3-20/h2-7,17,24,26H,8-16,18-19H2,1H3,(H,29,33). The molecule has 0 spiro atoms. The number of nitrogens with one attached hydrogen (secondary N) is 1. The highest BCUT2D eigenvalue weighted by Crippen LogP contribution is 2.38. The van der Waals surface area contributed by atoms with Crippen LogP contribution in [0.3, 0.4) is 0 Å². The van der Waals surface area contributed by atoms with Crippen LogP contribution in [0, 0.1) is 5.92 Å². The molecule has 2 atom stereocenters. The first-order chi connectivity index (χ1) is 17.1. The molecular formula is C27H35ClN4O3. The summed E-state index contributed by atoms with van der Waals surface area (Å²) in [6, 6.07) is 14.4. The topological polar surface area (TPSA) is 57.3 Å². The van der Waals surface area contributed by atoms with E-state index >= 15 is 0 Å².